The van der Waals surface area contributed by atoms with Crippen LogP contribution in [0.5, 0.6) is 0 Å². The molecule has 0 spiro atoms. The Balaban J connectivity index is 1.87. The van der Waals surface area contributed by atoms with Crippen LogP contribution < -0.4 is 0 Å². The van der Waals surface area contributed by atoms with Crippen LogP contribution in [-0.4, -0.2) is 25.2 Å². The van der Waals surface area contributed by atoms with Gasteiger partial charge in [0.2, 0.25) is 12.2 Å². The maximum absolute atomic E-state index is 10.0. The highest BCUT2D eigenvalue weighted by atomic mass is 16.1. The molecular weight excluding hydrogens is 396 g/mol. The zero-order chi connectivity index (χ0) is 23.0. The molecule has 2 atom stereocenters. The third-order valence-corrected chi connectivity index (χ3v) is 7.29. The SMILES string of the molecule is O=C=NCCCCCCCCCCC1CCCC(CCCCCCCCCCN=C=O)C1. The van der Waals surface area contributed by atoms with E-state index in [-0.39, 0.29) is 0 Å². The van der Waals surface area contributed by atoms with Crippen LogP contribution in [-0.2, 0) is 9.59 Å². The first kappa shape index (κ1) is 28.8. The van der Waals surface area contributed by atoms with Crippen LogP contribution in [0.25, 0.3) is 0 Å². The van der Waals surface area contributed by atoms with Crippen molar-refractivity contribution in [2.24, 2.45) is 21.8 Å². The molecule has 184 valence electrons. The molecule has 0 radical (unpaired) electrons. The summed E-state index contributed by atoms with van der Waals surface area (Å²) in [6.07, 6.45) is 33.1. The molecule has 0 bridgehead atoms. The summed E-state index contributed by atoms with van der Waals surface area (Å²) in [5.74, 6) is 2.02. The summed E-state index contributed by atoms with van der Waals surface area (Å²) in [6, 6.07) is 0. The monoisotopic (exact) mass is 446 g/mol. The molecule has 1 rings (SSSR count). The molecule has 1 aliphatic rings. The topological polar surface area (TPSA) is 58.9 Å². The molecule has 0 N–H and O–H groups in total. The van der Waals surface area contributed by atoms with Crippen molar-refractivity contribution in [1.29, 1.82) is 0 Å². The number of carbonyl (C=O) groups excluding carboxylic acids is 2. The van der Waals surface area contributed by atoms with Crippen molar-refractivity contribution in [3.05, 3.63) is 0 Å². The molecule has 1 saturated carbocycles. The molecule has 2 unspecified atom stereocenters. The van der Waals surface area contributed by atoms with Crippen LogP contribution >= 0.6 is 0 Å². The predicted octanol–water partition coefficient (Wildman–Crippen LogP) is 8.49. The Morgan fingerprint density at radius 1 is 0.500 bits per heavy atom. The maximum atomic E-state index is 10.0. The van der Waals surface area contributed by atoms with Gasteiger partial charge in [-0.05, 0) is 31.1 Å². The number of rotatable bonds is 22. The second-order valence-electron chi connectivity index (χ2n) is 10.1. The average molecular weight is 447 g/mol. The standard InChI is InChI=1S/C28H50N2O2/c31-25-29-22-15-11-7-3-1-5-9-13-18-27-20-17-21-28(24-27)19-14-10-6-2-4-8-12-16-23-30-26-32/h27-28H,1-24H2. The van der Waals surface area contributed by atoms with Crippen LogP contribution in [0.2, 0.25) is 0 Å². The highest BCUT2D eigenvalue weighted by Crippen LogP contribution is 2.35. The van der Waals surface area contributed by atoms with Crippen molar-refractivity contribution in [3.63, 3.8) is 0 Å². The molecule has 1 fully saturated rings. The van der Waals surface area contributed by atoms with Crippen molar-refractivity contribution < 1.29 is 9.59 Å². The Morgan fingerprint density at radius 2 is 0.844 bits per heavy atom. The number of unbranched alkanes of at least 4 members (excludes halogenated alkanes) is 14. The Bertz CT molecular complexity index is 466. The van der Waals surface area contributed by atoms with Gasteiger partial charge >= 0.3 is 0 Å². The lowest BCUT2D eigenvalue weighted by Gasteiger charge is -2.29. The van der Waals surface area contributed by atoms with Crippen LogP contribution in [0, 0.1) is 11.8 Å². The zero-order valence-electron chi connectivity index (χ0n) is 20.8. The Morgan fingerprint density at radius 3 is 1.22 bits per heavy atom. The van der Waals surface area contributed by atoms with Gasteiger partial charge in [-0.15, -0.1) is 0 Å². The van der Waals surface area contributed by atoms with E-state index >= 15 is 0 Å². The minimum atomic E-state index is 0.660. The lowest BCUT2D eigenvalue weighted by Crippen LogP contribution is -2.15. The van der Waals surface area contributed by atoms with E-state index in [1.54, 1.807) is 12.2 Å². The van der Waals surface area contributed by atoms with Crippen molar-refractivity contribution in [1.82, 2.24) is 0 Å². The number of isocyanates is 2. The summed E-state index contributed by atoms with van der Waals surface area (Å²) in [4.78, 5) is 27.2. The van der Waals surface area contributed by atoms with Gasteiger partial charge in [0, 0.05) is 0 Å². The second-order valence-corrected chi connectivity index (χ2v) is 10.1. The molecule has 0 aromatic heterocycles. The first-order valence-electron chi connectivity index (χ1n) is 13.9. The van der Waals surface area contributed by atoms with Gasteiger partial charge in [0.15, 0.2) is 0 Å². The summed E-state index contributed by atoms with van der Waals surface area (Å²) < 4.78 is 0. The van der Waals surface area contributed by atoms with Gasteiger partial charge in [0.05, 0.1) is 13.1 Å². The molecule has 1 aliphatic carbocycles. The molecule has 0 saturated heterocycles. The van der Waals surface area contributed by atoms with E-state index in [4.69, 9.17) is 0 Å². The number of hydrogen-bond donors (Lipinski definition) is 0. The lowest BCUT2D eigenvalue weighted by atomic mass is 9.77. The maximum Gasteiger partial charge on any atom is 0.234 e. The smallest absolute Gasteiger partial charge is 0.211 e. The van der Waals surface area contributed by atoms with Gasteiger partial charge < -0.3 is 0 Å². The van der Waals surface area contributed by atoms with Crippen LogP contribution in [0.3, 0.4) is 0 Å². The highest BCUT2D eigenvalue weighted by molar-refractivity contribution is 5.32. The van der Waals surface area contributed by atoms with E-state index in [1.165, 1.54) is 128 Å². The van der Waals surface area contributed by atoms with E-state index in [0.29, 0.717) is 13.1 Å². The van der Waals surface area contributed by atoms with Gasteiger partial charge in [-0.25, -0.2) is 19.6 Å². The minimum absolute atomic E-state index is 0.660. The molecule has 0 amide bonds. The first-order chi connectivity index (χ1) is 15.9. The van der Waals surface area contributed by atoms with Crippen molar-refractivity contribution in [3.8, 4) is 0 Å². The molecule has 0 heterocycles. The minimum Gasteiger partial charge on any atom is -0.211 e. The van der Waals surface area contributed by atoms with E-state index < -0.39 is 0 Å². The zero-order valence-corrected chi connectivity index (χ0v) is 20.8. The Hall–Kier alpha value is -1.24. The lowest BCUT2D eigenvalue weighted by molar-refractivity contribution is 0.235. The highest BCUT2D eigenvalue weighted by Gasteiger charge is 2.21. The number of hydrogen-bond acceptors (Lipinski definition) is 4. The largest absolute Gasteiger partial charge is 0.234 e. The van der Waals surface area contributed by atoms with E-state index in [2.05, 4.69) is 9.98 Å². The molecule has 0 aromatic carbocycles. The first-order valence-corrected chi connectivity index (χ1v) is 13.9. The van der Waals surface area contributed by atoms with E-state index in [9.17, 15) is 9.59 Å². The fraction of sp³-hybridized carbons (Fsp3) is 0.929. The molecule has 0 aromatic rings. The number of nitrogens with zero attached hydrogens (tertiary/aromatic N) is 2. The summed E-state index contributed by atoms with van der Waals surface area (Å²) in [5, 5.41) is 0. The Kier molecular flexibility index (Phi) is 20.6. The average Bonchev–Trinajstić information content (AvgIpc) is 2.81. The van der Waals surface area contributed by atoms with Crippen LogP contribution in [0.15, 0.2) is 9.98 Å². The molecular formula is C28H50N2O2. The van der Waals surface area contributed by atoms with Gasteiger partial charge in [0.1, 0.15) is 0 Å². The summed E-state index contributed by atoms with van der Waals surface area (Å²) in [5.41, 5.74) is 0. The molecule has 32 heavy (non-hydrogen) atoms. The third kappa shape index (κ3) is 18.3. The van der Waals surface area contributed by atoms with E-state index in [1.807, 2.05) is 0 Å². The predicted molar refractivity (Wildman–Crippen MR) is 135 cm³/mol. The summed E-state index contributed by atoms with van der Waals surface area (Å²) >= 11 is 0. The van der Waals surface area contributed by atoms with Crippen molar-refractivity contribution in [2.75, 3.05) is 13.1 Å². The van der Waals surface area contributed by atoms with Gasteiger partial charge in [-0.2, -0.15) is 0 Å². The molecule has 4 nitrogen and oxygen atoms in total. The normalized spacial score (nSPS) is 18.1. The van der Waals surface area contributed by atoms with Crippen molar-refractivity contribution in [2.45, 2.75) is 141 Å². The number of aliphatic imine (C=N–C) groups is 2. The quantitative estimate of drug-likeness (QED) is 0.0950. The summed E-state index contributed by atoms with van der Waals surface area (Å²) in [7, 11) is 0. The van der Waals surface area contributed by atoms with Gasteiger partial charge in [-0.3, -0.25) is 0 Å². The van der Waals surface area contributed by atoms with Crippen LogP contribution in [0.4, 0.5) is 0 Å². The van der Waals surface area contributed by atoms with Crippen LogP contribution in [0.1, 0.15) is 141 Å². The summed E-state index contributed by atoms with van der Waals surface area (Å²) in [6.45, 7) is 1.32. The molecule has 0 aliphatic heterocycles. The van der Waals surface area contributed by atoms with E-state index in [0.717, 1.165) is 24.7 Å². The third-order valence-electron chi connectivity index (χ3n) is 7.29. The van der Waals surface area contributed by atoms with Crippen molar-refractivity contribution >= 4 is 12.2 Å². The Labute approximate surface area is 198 Å². The fourth-order valence-corrected chi connectivity index (χ4v) is 5.39. The van der Waals surface area contributed by atoms with Gasteiger partial charge in [0.25, 0.3) is 0 Å². The molecule has 4 heteroatoms. The fourth-order valence-electron chi connectivity index (χ4n) is 5.39. The second kappa shape index (κ2) is 22.9. The van der Waals surface area contributed by atoms with Gasteiger partial charge in [-0.1, -0.05) is 122 Å².